The highest BCUT2D eigenvalue weighted by Crippen LogP contribution is 2.16. The third-order valence-corrected chi connectivity index (χ3v) is 4.58. The smallest absolute Gasteiger partial charge is 0.119 e. The monoisotopic (exact) mass is 318 g/mol. The van der Waals surface area contributed by atoms with Gasteiger partial charge >= 0.3 is 0 Å². The van der Waals surface area contributed by atoms with Crippen LogP contribution in [0, 0.1) is 0 Å². The Balaban J connectivity index is 1.56. The van der Waals surface area contributed by atoms with Crippen molar-refractivity contribution in [3.8, 4) is 5.75 Å². The van der Waals surface area contributed by atoms with Crippen molar-refractivity contribution in [1.29, 1.82) is 0 Å². The first-order valence-corrected chi connectivity index (χ1v) is 9.57. The minimum atomic E-state index is 0.839. The fourth-order valence-corrected chi connectivity index (χ4v) is 3.11. The summed E-state index contributed by atoms with van der Waals surface area (Å²) in [6.45, 7) is 7.80. The van der Waals surface area contributed by atoms with Crippen molar-refractivity contribution in [2.45, 2.75) is 58.3 Å². The molecule has 0 saturated carbocycles. The second-order valence-electron chi connectivity index (χ2n) is 6.62. The molecular formula is C20H34N2O. The van der Waals surface area contributed by atoms with Crippen molar-refractivity contribution in [2.75, 3.05) is 38.1 Å². The Morgan fingerprint density at radius 1 is 0.957 bits per heavy atom. The Kier molecular flexibility index (Phi) is 8.93. The van der Waals surface area contributed by atoms with E-state index in [0.717, 1.165) is 31.9 Å². The molecule has 2 rings (SSSR count). The molecule has 1 aromatic carbocycles. The largest absolute Gasteiger partial charge is 0.494 e. The normalized spacial score (nSPS) is 15.5. The number of anilines is 1. The van der Waals surface area contributed by atoms with E-state index in [4.69, 9.17) is 4.74 Å². The van der Waals surface area contributed by atoms with E-state index in [1.165, 1.54) is 63.7 Å². The first-order valence-electron chi connectivity index (χ1n) is 9.57. The van der Waals surface area contributed by atoms with Gasteiger partial charge in [-0.05, 0) is 56.6 Å². The molecule has 0 radical (unpaired) electrons. The number of ether oxygens (including phenoxy) is 1. The lowest BCUT2D eigenvalue weighted by molar-refractivity contribution is 0.237. The van der Waals surface area contributed by atoms with E-state index in [2.05, 4.69) is 41.4 Å². The second kappa shape index (κ2) is 11.3. The Morgan fingerprint density at radius 2 is 1.70 bits per heavy atom. The van der Waals surface area contributed by atoms with Crippen LogP contribution in [0.1, 0.15) is 58.3 Å². The van der Waals surface area contributed by atoms with Gasteiger partial charge in [-0.3, -0.25) is 0 Å². The van der Waals surface area contributed by atoms with Crippen LogP contribution < -0.4 is 10.1 Å². The van der Waals surface area contributed by atoms with Crippen molar-refractivity contribution < 1.29 is 4.74 Å². The number of rotatable bonds is 11. The molecule has 1 fully saturated rings. The summed E-state index contributed by atoms with van der Waals surface area (Å²) >= 11 is 0. The van der Waals surface area contributed by atoms with Crippen LogP contribution in [0.4, 0.5) is 5.69 Å². The summed E-state index contributed by atoms with van der Waals surface area (Å²) in [6.07, 6.45) is 10.6. The van der Waals surface area contributed by atoms with E-state index in [9.17, 15) is 0 Å². The summed E-state index contributed by atoms with van der Waals surface area (Å²) in [4.78, 5) is 2.56. The van der Waals surface area contributed by atoms with E-state index in [0.29, 0.717) is 0 Å². The number of nitrogens with one attached hydrogen (secondary N) is 1. The SMILES string of the molecule is CCCCCCCOc1ccc(NCCN2CCCCC2)cc1. The number of piperidine rings is 1. The molecule has 23 heavy (non-hydrogen) atoms. The molecule has 0 aromatic heterocycles. The summed E-state index contributed by atoms with van der Waals surface area (Å²) in [6, 6.07) is 8.41. The number of benzene rings is 1. The van der Waals surface area contributed by atoms with Gasteiger partial charge in [0.2, 0.25) is 0 Å². The van der Waals surface area contributed by atoms with Gasteiger partial charge in [-0.2, -0.15) is 0 Å². The van der Waals surface area contributed by atoms with Crippen LogP contribution in [-0.2, 0) is 0 Å². The molecule has 0 amide bonds. The van der Waals surface area contributed by atoms with E-state index >= 15 is 0 Å². The molecule has 1 saturated heterocycles. The molecule has 3 nitrogen and oxygen atoms in total. The molecule has 1 N–H and O–H groups in total. The predicted molar refractivity (Wildman–Crippen MR) is 99.5 cm³/mol. The first-order chi connectivity index (χ1) is 11.4. The number of likely N-dealkylation sites (tertiary alicyclic amines) is 1. The van der Waals surface area contributed by atoms with Gasteiger partial charge in [0.05, 0.1) is 6.61 Å². The second-order valence-corrected chi connectivity index (χ2v) is 6.62. The summed E-state index contributed by atoms with van der Waals surface area (Å²) in [7, 11) is 0. The summed E-state index contributed by atoms with van der Waals surface area (Å²) < 4.78 is 5.80. The lowest BCUT2D eigenvalue weighted by atomic mass is 10.1. The summed E-state index contributed by atoms with van der Waals surface area (Å²) in [5.74, 6) is 0.988. The van der Waals surface area contributed by atoms with Gasteiger partial charge in [-0.25, -0.2) is 0 Å². The van der Waals surface area contributed by atoms with Crippen LogP contribution in [0.25, 0.3) is 0 Å². The fraction of sp³-hybridized carbons (Fsp3) is 0.700. The minimum absolute atomic E-state index is 0.839. The van der Waals surface area contributed by atoms with Gasteiger partial charge in [-0.1, -0.05) is 39.0 Å². The van der Waals surface area contributed by atoms with Gasteiger partial charge in [0.25, 0.3) is 0 Å². The average molecular weight is 319 g/mol. The molecule has 1 heterocycles. The predicted octanol–water partition coefficient (Wildman–Crippen LogP) is 4.93. The molecular weight excluding hydrogens is 284 g/mol. The Bertz CT molecular complexity index is 399. The minimum Gasteiger partial charge on any atom is -0.494 e. The van der Waals surface area contributed by atoms with E-state index in [-0.39, 0.29) is 0 Å². The summed E-state index contributed by atoms with van der Waals surface area (Å²) in [5.41, 5.74) is 1.19. The molecule has 1 aromatic rings. The Morgan fingerprint density at radius 3 is 2.43 bits per heavy atom. The highest BCUT2D eigenvalue weighted by Gasteiger charge is 2.08. The maximum Gasteiger partial charge on any atom is 0.119 e. The van der Waals surface area contributed by atoms with Crippen LogP contribution in [0.15, 0.2) is 24.3 Å². The lowest BCUT2D eigenvalue weighted by Crippen LogP contribution is -2.33. The third-order valence-electron chi connectivity index (χ3n) is 4.58. The fourth-order valence-electron chi connectivity index (χ4n) is 3.11. The average Bonchev–Trinajstić information content (AvgIpc) is 2.60. The summed E-state index contributed by atoms with van der Waals surface area (Å²) in [5, 5.41) is 3.51. The maximum absolute atomic E-state index is 5.80. The molecule has 0 unspecified atom stereocenters. The van der Waals surface area contributed by atoms with Gasteiger partial charge in [0.1, 0.15) is 5.75 Å². The highest BCUT2D eigenvalue weighted by atomic mass is 16.5. The van der Waals surface area contributed by atoms with Crippen LogP contribution in [-0.4, -0.2) is 37.7 Å². The number of hydrogen-bond acceptors (Lipinski definition) is 3. The van der Waals surface area contributed by atoms with Crippen molar-refractivity contribution in [1.82, 2.24) is 4.90 Å². The van der Waals surface area contributed by atoms with E-state index in [1.807, 2.05) is 0 Å². The van der Waals surface area contributed by atoms with Gasteiger partial charge in [0, 0.05) is 18.8 Å². The number of nitrogens with zero attached hydrogens (tertiary/aromatic N) is 1. The maximum atomic E-state index is 5.80. The molecule has 1 aliphatic rings. The highest BCUT2D eigenvalue weighted by molar-refractivity contribution is 5.46. The molecule has 0 bridgehead atoms. The van der Waals surface area contributed by atoms with Crippen molar-refractivity contribution in [2.24, 2.45) is 0 Å². The molecule has 0 spiro atoms. The van der Waals surface area contributed by atoms with Gasteiger partial charge in [0.15, 0.2) is 0 Å². The Labute approximate surface area is 142 Å². The van der Waals surface area contributed by atoms with Crippen LogP contribution in [0.3, 0.4) is 0 Å². The van der Waals surface area contributed by atoms with Gasteiger partial charge < -0.3 is 15.0 Å². The zero-order valence-electron chi connectivity index (χ0n) is 14.9. The molecule has 1 aliphatic heterocycles. The zero-order chi connectivity index (χ0) is 16.2. The van der Waals surface area contributed by atoms with Crippen molar-refractivity contribution in [3.05, 3.63) is 24.3 Å². The topological polar surface area (TPSA) is 24.5 Å². The zero-order valence-corrected chi connectivity index (χ0v) is 14.9. The van der Waals surface area contributed by atoms with Crippen LogP contribution in [0.2, 0.25) is 0 Å². The first kappa shape index (κ1) is 18.1. The molecule has 130 valence electrons. The van der Waals surface area contributed by atoms with Crippen LogP contribution in [0.5, 0.6) is 5.75 Å². The van der Waals surface area contributed by atoms with Crippen LogP contribution >= 0.6 is 0 Å². The number of unbranched alkanes of at least 4 members (excludes halogenated alkanes) is 4. The van der Waals surface area contributed by atoms with Crippen molar-refractivity contribution >= 4 is 5.69 Å². The lowest BCUT2D eigenvalue weighted by Gasteiger charge is -2.26. The quantitative estimate of drug-likeness (QED) is 0.585. The third kappa shape index (κ3) is 7.74. The molecule has 0 atom stereocenters. The number of hydrogen-bond donors (Lipinski definition) is 1. The molecule has 0 aliphatic carbocycles. The standard InChI is InChI=1S/C20H34N2O/c1-2-3-4-5-9-18-23-20-12-10-19(11-13-20)21-14-17-22-15-7-6-8-16-22/h10-13,21H,2-9,14-18H2,1H3. The van der Waals surface area contributed by atoms with Crippen molar-refractivity contribution in [3.63, 3.8) is 0 Å². The molecule has 3 heteroatoms. The van der Waals surface area contributed by atoms with E-state index in [1.54, 1.807) is 0 Å². The van der Waals surface area contributed by atoms with Gasteiger partial charge in [-0.15, -0.1) is 0 Å². The Hall–Kier alpha value is -1.22. The van der Waals surface area contributed by atoms with E-state index < -0.39 is 0 Å².